The molecule has 1 rings (SSSR count). The third-order valence-corrected chi connectivity index (χ3v) is 2.32. The third-order valence-electron chi connectivity index (χ3n) is 2.09. The van der Waals surface area contributed by atoms with Crippen molar-refractivity contribution in [2.24, 2.45) is 0 Å². The van der Waals surface area contributed by atoms with Gasteiger partial charge in [0, 0.05) is 11.6 Å². The normalized spacial score (nSPS) is 10.4. The summed E-state index contributed by atoms with van der Waals surface area (Å²) in [4.78, 5) is 0. The summed E-state index contributed by atoms with van der Waals surface area (Å²) >= 11 is 5.87. The van der Waals surface area contributed by atoms with Gasteiger partial charge >= 0.3 is 0 Å². The summed E-state index contributed by atoms with van der Waals surface area (Å²) in [7, 11) is 0. The molecule has 0 atom stereocenters. The molecule has 1 N–H and O–H groups in total. The van der Waals surface area contributed by atoms with E-state index in [2.05, 4.69) is 18.8 Å². The number of likely N-dealkylation sites (N-methyl/N-ethyl adjacent to an activating group) is 1. The largest absolute Gasteiger partial charge is 0.372 e. The maximum atomic E-state index is 5.87. The van der Waals surface area contributed by atoms with Crippen LogP contribution in [0, 0.1) is 0 Å². The summed E-state index contributed by atoms with van der Waals surface area (Å²) < 4.78 is 5.54. The molecule has 3 heteroatoms. The molecule has 0 aliphatic rings. The quantitative estimate of drug-likeness (QED) is 0.739. The lowest BCUT2D eigenvalue weighted by Crippen LogP contribution is -2.17. The van der Waals surface area contributed by atoms with Gasteiger partial charge in [0.2, 0.25) is 0 Å². The molecule has 0 saturated heterocycles. The zero-order chi connectivity index (χ0) is 11.8. The predicted octanol–water partition coefficient (Wildman–Crippen LogP) is 3.02. The van der Waals surface area contributed by atoms with Crippen LogP contribution in [0.15, 0.2) is 36.4 Å². The van der Waals surface area contributed by atoms with Crippen LogP contribution < -0.4 is 5.32 Å². The van der Waals surface area contributed by atoms with Crippen molar-refractivity contribution < 1.29 is 4.74 Å². The molecular formula is C13H18ClNO. The van der Waals surface area contributed by atoms with Gasteiger partial charge in [-0.15, -0.1) is 0 Å². The lowest BCUT2D eigenvalue weighted by atomic mass is 10.2. The summed E-state index contributed by atoms with van der Waals surface area (Å²) in [5.74, 6) is 0. The zero-order valence-electron chi connectivity index (χ0n) is 9.63. The Hall–Kier alpha value is -0.830. The molecule has 0 aliphatic heterocycles. The Morgan fingerprint density at radius 1 is 1.50 bits per heavy atom. The van der Waals surface area contributed by atoms with Crippen LogP contribution in [0.3, 0.4) is 0 Å². The fourth-order valence-electron chi connectivity index (χ4n) is 1.29. The molecule has 88 valence electrons. The number of halogens is 1. The van der Waals surface area contributed by atoms with Crippen molar-refractivity contribution in [3.63, 3.8) is 0 Å². The van der Waals surface area contributed by atoms with E-state index in [0.29, 0.717) is 13.2 Å². The summed E-state index contributed by atoms with van der Waals surface area (Å²) in [5.41, 5.74) is 2.15. The summed E-state index contributed by atoms with van der Waals surface area (Å²) in [5, 5.41) is 3.95. The molecule has 0 amide bonds. The van der Waals surface area contributed by atoms with Crippen LogP contribution in [-0.4, -0.2) is 19.7 Å². The van der Waals surface area contributed by atoms with E-state index >= 15 is 0 Å². The maximum absolute atomic E-state index is 5.87. The van der Waals surface area contributed by atoms with Gasteiger partial charge in [-0.25, -0.2) is 0 Å². The minimum Gasteiger partial charge on any atom is -0.372 e. The first-order valence-corrected chi connectivity index (χ1v) is 5.79. The lowest BCUT2D eigenvalue weighted by Gasteiger charge is -2.07. The van der Waals surface area contributed by atoms with E-state index in [9.17, 15) is 0 Å². The smallest absolute Gasteiger partial charge is 0.0721 e. The molecule has 16 heavy (non-hydrogen) atoms. The van der Waals surface area contributed by atoms with Gasteiger partial charge in [-0.3, -0.25) is 0 Å². The Balaban J connectivity index is 2.22. The first-order chi connectivity index (χ1) is 7.72. The van der Waals surface area contributed by atoms with E-state index < -0.39 is 0 Å². The fourth-order valence-corrected chi connectivity index (χ4v) is 1.51. The summed E-state index contributed by atoms with van der Waals surface area (Å²) in [6.07, 6.45) is 0. The number of benzene rings is 1. The van der Waals surface area contributed by atoms with Crippen molar-refractivity contribution >= 4 is 11.6 Å². The van der Waals surface area contributed by atoms with Crippen LogP contribution in [-0.2, 0) is 11.3 Å². The number of hydrogen-bond donors (Lipinski definition) is 1. The third kappa shape index (κ3) is 5.31. The minimum atomic E-state index is 0.575. The Morgan fingerprint density at radius 2 is 2.31 bits per heavy atom. The van der Waals surface area contributed by atoms with E-state index in [4.69, 9.17) is 16.3 Å². The van der Waals surface area contributed by atoms with E-state index in [1.54, 1.807) is 0 Å². The molecule has 0 heterocycles. The summed E-state index contributed by atoms with van der Waals surface area (Å²) in [6, 6.07) is 7.69. The summed E-state index contributed by atoms with van der Waals surface area (Å²) in [6.45, 7) is 8.92. The van der Waals surface area contributed by atoms with E-state index in [1.165, 1.54) is 0 Å². The number of nitrogens with one attached hydrogen (secondary N) is 1. The van der Waals surface area contributed by atoms with Crippen molar-refractivity contribution in [3.05, 3.63) is 47.0 Å². The number of rotatable bonds is 7. The fraction of sp³-hybridized carbons (Fsp3) is 0.385. The van der Waals surface area contributed by atoms with Gasteiger partial charge in [-0.1, -0.05) is 37.2 Å². The predicted molar refractivity (Wildman–Crippen MR) is 68.8 cm³/mol. The van der Waals surface area contributed by atoms with Gasteiger partial charge in [-0.05, 0) is 29.8 Å². The van der Waals surface area contributed by atoms with Crippen molar-refractivity contribution in [1.29, 1.82) is 0 Å². The van der Waals surface area contributed by atoms with Crippen LogP contribution in [0.5, 0.6) is 0 Å². The van der Waals surface area contributed by atoms with Gasteiger partial charge in [0.25, 0.3) is 0 Å². The topological polar surface area (TPSA) is 21.3 Å². The zero-order valence-corrected chi connectivity index (χ0v) is 10.4. The van der Waals surface area contributed by atoms with Crippen molar-refractivity contribution in [2.45, 2.75) is 13.5 Å². The Bertz CT molecular complexity index is 338. The van der Waals surface area contributed by atoms with E-state index in [1.807, 2.05) is 24.3 Å². The van der Waals surface area contributed by atoms with Gasteiger partial charge in [0.05, 0.1) is 13.2 Å². The molecule has 0 bridgehead atoms. The van der Waals surface area contributed by atoms with E-state index in [0.717, 1.165) is 29.2 Å². The average Bonchev–Trinajstić information content (AvgIpc) is 2.26. The van der Waals surface area contributed by atoms with Crippen LogP contribution in [0.25, 0.3) is 0 Å². The van der Waals surface area contributed by atoms with Crippen LogP contribution >= 0.6 is 11.6 Å². The minimum absolute atomic E-state index is 0.575. The standard InChI is InChI=1S/C13H18ClNO/c1-3-15-8-11(2)9-16-10-12-5-4-6-13(14)7-12/h4-7,15H,2-3,8-10H2,1H3. The Morgan fingerprint density at radius 3 is 3.00 bits per heavy atom. The lowest BCUT2D eigenvalue weighted by molar-refractivity contribution is 0.141. The highest BCUT2D eigenvalue weighted by Crippen LogP contribution is 2.11. The van der Waals surface area contributed by atoms with Gasteiger partial charge in [0.1, 0.15) is 0 Å². The molecule has 0 saturated carbocycles. The van der Waals surface area contributed by atoms with Crippen molar-refractivity contribution in [1.82, 2.24) is 5.32 Å². The Kier molecular flexibility index (Phi) is 6.16. The molecule has 0 fully saturated rings. The number of ether oxygens (including phenoxy) is 1. The second-order valence-electron chi connectivity index (χ2n) is 3.65. The second-order valence-corrected chi connectivity index (χ2v) is 4.09. The van der Waals surface area contributed by atoms with Gasteiger partial charge in [0.15, 0.2) is 0 Å². The molecule has 2 nitrogen and oxygen atoms in total. The number of hydrogen-bond acceptors (Lipinski definition) is 2. The molecule has 1 aromatic carbocycles. The highest BCUT2D eigenvalue weighted by Gasteiger charge is 1.96. The maximum Gasteiger partial charge on any atom is 0.0721 e. The van der Waals surface area contributed by atoms with Crippen LogP contribution in [0.4, 0.5) is 0 Å². The average molecular weight is 240 g/mol. The van der Waals surface area contributed by atoms with Crippen molar-refractivity contribution in [3.8, 4) is 0 Å². The molecular weight excluding hydrogens is 222 g/mol. The van der Waals surface area contributed by atoms with Crippen molar-refractivity contribution in [2.75, 3.05) is 19.7 Å². The Labute approximate surface area is 102 Å². The van der Waals surface area contributed by atoms with Crippen LogP contribution in [0.2, 0.25) is 5.02 Å². The molecule has 0 radical (unpaired) electrons. The first-order valence-electron chi connectivity index (χ1n) is 5.42. The van der Waals surface area contributed by atoms with E-state index in [-0.39, 0.29) is 0 Å². The highest BCUT2D eigenvalue weighted by molar-refractivity contribution is 6.30. The molecule has 0 spiro atoms. The molecule has 0 aliphatic carbocycles. The first kappa shape index (κ1) is 13.2. The monoisotopic (exact) mass is 239 g/mol. The van der Waals surface area contributed by atoms with Crippen LogP contribution in [0.1, 0.15) is 12.5 Å². The SMILES string of the molecule is C=C(CNCC)COCc1cccc(Cl)c1. The van der Waals surface area contributed by atoms with Gasteiger partial charge in [-0.2, -0.15) is 0 Å². The molecule has 0 unspecified atom stereocenters. The highest BCUT2D eigenvalue weighted by atomic mass is 35.5. The van der Waals surface area contributed by atoms with Gasteiger partial charge < -0.3 is 10.1 Å². The molecule has 1 aromatic rings. The molecule has 0 aromatic heterocycles. The second kappa shape index (κ2) is 7.44.